The number of rotatable bonds is 0. The molecule has 0 aromatic carbocycles. The van der Waals surface area contributed by atoms with Crippen LogP contribution < -0.4 is 3.96 Å². The molecule has 0 aliphatic rings. The lowest BCUT2D eigenvalue weighted by molar-refractivity contribution is -0.693. The van der Waals surface area contributed by atoms with E-state index in [0.717, 1.165) is 0 Å². The summed E-state index contributed by atoms with van der Waals surface area (Å²) in [4.78, 5) is 3.97. The molecule has 0 radical (unpaired) electrons. The molecule has 3 heteroatoms. The molecule has 0 aliphatic carbocycles. The number of hydrogen-bond donors (Lipinski definition) is 0. The van der Waals surface area contributed by atoms with Crippen LogP contribution in [-0.4, -0.2) is 4.98 Å². The predicted octanol–water partition coefficient (Wildman–Crippen LogP) is 1.19. The van der Waals surface area contributed by atoms with Gasteiger partial charge in [-0.15, -0.1) is 0 Å². The van der Waals surface area contributed by atoms with E-state index in [9.17, 15) is 0 Å². The van der Waals surface area contributed by atoms with E-state index < -0.39 is 0 Å². The summed E-state index contributed by atoms with van der Waals surface area (Å²) in [6.45, 7) is 6.47. The summed E-state index contributed by atoms with van der Waals surface area (Å²) in [6.07, 6.45) is 1.85. The van der Waals surface area contributed by atoms with Gasteiger partial charge in [-0.2, -0.15) is 3.96 Å². The number of hydrogen-bond acceptors (Lipinski definition) is 2. The van der Waals surface area contributed by atoms with Crippen molar-refractivity contribution in [1.82, 2.24) is 4.98 Å². The molecular formula is C6H11N2S+. The van der Waals surface area contributed by atoms with Gasteiger partial charge in [0.15, 0.2) is 0 Å². The van der Waals surface area contributed by atoms with Crippen LogP contribution >= 0.6 is 11.5 Å². The maximum atomic E-state index is 3.97. The van der Waals surface area contributed by atoms with E-state index >= 15 is 0 Å². The van der Waals surface area contributed by atoms with E-state index in [-0.39, 0.29) is 5.54 Å². The zero-order valence-electron chi connectivity index (χ0n) is 5.96. The Balaban J connectivity index is 2.90. The van der Waals surface area contributed by atoms with Crippen molar-refractivity contribution in [2.75, 3.05) is 0 Å². The van der Waals surface area contributed by atoms with Crippen molar-refractivity contribution in [2.24, 2.45) is 0 Å². The lowest BCUT2D eigenvalue weighted by Gasteiger charge is -2.10. The molecule has 0 fully saturated rings. The quantitative estimate of drug-likeness (QED) is 0.498. The van der Waals surface area contributed by atoms with Gasteiger partial charge in [-0.1, -0.05) is 0 Å². The molecule has 1 aromatic heterocycles. The molecule has 0 atom stereocenters. The van der Waals surface area contributed by atoms with Crippen LogP contribution in [0.4, 0.5) is 0 Å². The summed E-state index contributed by atoms with van der Waals surface area (Å²) < 4.78 is 2.12. The summed E-state index contributed by atoms with van der Waals surface area (Å²) in [5, 5.41) is 0. The van der Waals surface area contributed by atoms with Gasteiger partial charge < -0.3 is 0 Å². The molecule has 2 nitrogen and oxygen atoms in total. The van der Waals surface area contributed by atoms with Crippen LogP contribution in [0.5, 0.6) is 0 Å². The van der Waals surface area contributed by atoms with Crippen LogP contribution in [0.25, 0.3) is 0 Å². The molecule has 1 aromatic rings. The first-order valence-corrected chi connectivity index (χ1v) is 3.75. The van der Waals surface area contributed by atoms with E-state index in [0.29, 0.717) is 0 Å². The topological polar surface area (TPSA) is 16.8 Å². The van der Waals surface area contributed by atoms with Crippen LogP contribution in [0.3, 0.4) is 0 Å². The minimum absolute atomic E-state index is 0.196. The Morgan fingerprint density at radius 2 is 2.11 bits per heavy atom. The molecule has 9 heavy (non-hydrogen) atoms. The summed E-state index contributed by atoms with van der Waals surface area (Å²) in [5.74, 6) is 0. The summed E-state index contributed by atoms with van der Waals surface area (Å²) in [6, 6.07) is 0. The zero-order chi connectivity index (χ0) is 6.91. The van der Waals surface area contributed by atoms with Crippen molar-refractivity contribution in [2.45, 2.75) is 26.3 Å². The zero-order valence-corrected chi connectivity index (χ0v) is 6.77. The van der Waals surface area contributed by atoms with Gasteiger partial charge >= 0.3 is 0 Å². The van der Waals surface area contributed by atoms with Gasteiger partial charge in [0, 0.05) is 0 Å². The molecule has 50 valence electrons. The Labute approximate surface area is 59.3 Å². The fourth-order valence-corrected chi connectivity index (χ4v) is 1.16. The van der Waals surface area contributed by atoms with Gasteiger partial charge in [0.25, 0.3) is 6.33 Å². The first kappa shape index (κ1) is 6.68. The van der Waals surface area contributed by atoms with Gasteiger partial charge in [-0.05, 0) is 25.8 Å². The Bertz CT molecular complexity index is 173. The van der Waals surface area contributed by atoms with E-state index in [1.807, 2.05) is 11.8 Å². The number of aromatic nitrogens is 2. The molecule has 0 aliphatic heterocycles. The molecule has 0 bridgehead atoms. The molecule has 0 N–H and O–H groups in total. The fourth-order valence-electron chi connectivity index (χ4n) is 0.524. The van der Waals surface area contributed by atoms with Gasteiger partial charge in [-0.3, -0.25) is 0 Å². The molecule has 0 saturated heterocycles. The van der Waals surface area contributed by atoms with Gasteiger partial charge in [0.05, 0.1) is 11.5 Å². The highest BCUT2D eigenvalue weighted by molar-refractivity contribution is 6.99. The Morgan fingerprint density at radius 1 is 1.44 bits per heavy atom. The third-order valence-corrected chi connectivity index (χ3v) is 2.14. The maximum absolute atomic E-state index is 3.97. The lowest BCUT2D eigenvalue weighted by atomic mass is 10.1. The van der Waals surface area contributed by atoms with Crippen molar-refractivity contribution >= 4 is 11.5 Å². The van der Waals surface area contributed by atoms with Crippen LogP contribution in [-0.2, 0) is 5.54 Å². The third kappa shape index (κ3) is 1.48. The van der Waals surface area contributed by atoms with Crippen molar-refractivity contribution in [1.29, 1.82) is 0 Å². The molecule has 1 heterocycles. The van der Waals surface area contributed by atoms with E-state index in [1.165, 1.54) is 0 Å². The molecule has 0 unspecified atom stereocenters. The van der Waals surface area contributed by atoms with Crippen LogP contribution in [0.2, 0.25) is 0 Å². The Morgan fingerprint density at radius 3 is 2.33 bits per heavy atom. The second kappa shape index (κ2) is 2.06. The highest BCUT2D eigenvalue weighted by atomic mass is 32.1. The Hall–Kier alpha value is -0.440. The first-order valence-electron chi connectivity index (χ1n) is 2.92. The van der Waals surface area contributed by atoms with Crippen LogP contribution in [0.15, 0.2) is 11.8 Å². The van der Waals surface area contributed by atoms with Gasteiger partial charge in [0.1, 0.15) is 5.54 Å². The van der Waals surface area contributed by atoms with Crippen molar-refractivity contribution in [3.8, 4) is 0 Å². The molecule has 0 saturated carbocycles. The summed E-state index contributed by atoms with van der Waals surface area (Å²) >= 11 is 1.64. The third-order valence-electron chi connectivity index (χ3n) is 1.05. The lowest BCUT2D eigenvalue weighted by Crippen LogP contribution is -2.46. The first-order chi connectivity index (χ1) is 4.11. The molecule has 1 rings (SSSR count). The van der Waals surface area contributed by atoms with Crippen LogP contribution in [0, 0.1) is 0 Å². The highest BCUT2D eigenvalue weighted by Gasteiger charge is 2.18. The molecular weight excluding hydrogens is 132 g/mol. The number of nitrogens with zero attached hydrogens (tertiary/aromatic N) is 2. The standard InChI is InChI=1S/C6H11N2S/c1-6(2,3)8-4-7-5-9-8/h4-5H,1-3H3/q+1. The maximum Gasteiger partial charge on any atom is 0.298 e. The second-order valence-electron chi connectivity index (χ2n) is 2.97. The minimum atomic E-state index is 0.196. The average Bonchev–Trinajstić information content (AvgIpc) is 2.08. The smallest absolute Gasteiger partial charge is 0.170 e. The van der Waals surface area contributed by atoms with Crippen molar-refractivity contribution < 1.29 is 3.96 Å². The fraction of sp³-hybridized carbons (Fsp3) is 0.667. The van der Waals surface area contributed by atoms with Crippen molar-refractivity contribution in [3.63, 3.8) is 0 Å². The average molecular weight is 143 g/mol. The minimum Gasteiger partial charge on any atom is -0.170 e. The monoisotopic (exact) mass is 143 g/mol. The van der Waals surface area contributed by atoms with Gasteiger partial charge in [-0.25, -0.2) is 0 Å². The largest absolute Gasteiger partial charge is 0.298 e. The normalized spacial score (nSPS) is 11.9. The molecule has 0 spiro atoms. The SMILES string of the molecule is CC(C)(C)[n+]1cncs1. The van der Waals surface area contributed by atoms with Crippen LogP contribution in [0.1, 0.15) is 20.8 Å². The van der Waals surface area contributed by atoms with E-state index in [2.05, 4.69) is 29.7 Å². The van der Waals surface area contributed by atoms with E-state index in [4.69, 9.17) is 0 Å². The Kier molecular flexibility index (Phi) is 1.53. The molecule has 0 amide bonds. The highest BCUT2D eigenvalue weighted by Crippen LogP contribution is 2.03. The van der Waals surface area contributed by atoms with Gasteiger partial charge in [0.2, 0.25) is 5.51 Å². The summed E-state index contributed by atoms with van der Waals surface area (Å²) in [5.41, 5.74) is 2.03. The second-order valence-corrected chi connectivity index (χ2v) is 3.79. The predicted molar refractivity (Wildman–Crippen MR) is 37.3 cm³/mol. The van der Waals surface area contributed by atoms with Crippen molar-refractivity contribution in [3.05, 3.63) is 11.8 Å². The summed E-state index contributed by atoms with van der Waals surface area (Å²) in [7, 11) is 0. The van der Waals surface area contributed by atoms with E-state index in [1.54, 1.807) is 11.5 Å².